The van der Waals surface area contributed by atoms with Crippen LogP contribution in [0.15, 0.2) is 34.6 Å². The van der Waals surface area contributed by atoms with Crippen molar-refractivity contribution < 1.29 is 17.6 Å². The van der Waals surface area contributed by atoms with E-state index >= 15 is 0 Å². The molecule has 1 aliphatic heterocycles. The maximum Gasteiger partial charge on any atom is 0.408 e. The van der Waals surface area contributed by atoms with Gasteiger partial charge in [-0.05, 0) is 49.1 Å². The smallest absolute Gasteiger partial charge is 0.324 e. The Labute approximate surface area is 206 Å². The van der Waals surface area contributed by atoms with Gasteiger partial charge < -0.3 is 10.6 Å². The van der Waals surface area contributed by atoms with Gasteiger partial charge in [-0.1, -0.05) is 6.07 Å². The van der Waals surface area contributed by atoms with E-state index in [0.29, 0.717) is 23.2 Å². The topological polar surface area (TPSA) is 89.7 Å². The first-order valence-corrected chi connectivity index (χ1v) is 12.3. The number of anilines is 2. The molecule has 1 fully saturated rings. The van der Waals surface area contributed by atoms with E-state index in [-0.39, 0.29) is 22.1 Å². The Kier molecular flexibility index (Phi) is 5.37. The number of rotatable bonds is 6. The van der Waals surface area contributed by atoms with Crippen molar-refractivity contribution in [2.75, 3.05) is 18.5 Å². The summed E-state index contributed by atoms with van der Waals surface area (Å²) >= 11 is 1.05. The number of hydrogen-bond donors (Lipinski definition) is 2. The molecule has 0 spiro atoms. The van der Waals surface area contributed by atoms with Crippen LogP contribution < -0.4 is 16.2 Å². The average Bonchev–Trinajstić information content (AvgIpc) is 3.43. The molecular weight excluding hydrogens is 498 g/mol. The van der Waals surface area contributed by atoms with E-state index < -0.39 is 30.4 Å². The molecule has 1 saturated carbocycles. The van der Waals surface area contributed by atoms with Crippen LogP contribution in [0, 0.1) is 0 Å². The summed E-state index contributed by atoms with van der Waals surface area (Å²) < 4.78 is 55.5. The summed E-state index contributed by atoms with van der Waals surface area (Å²) in [5.74, 6) is 0.128. The third-order valence-corrected chi connectivity index (χ3v) is 7.50. The van der Waals surface area contributed by atoms with Gasteiger partial charge in [-0.3, -0.25) is 9.18 Å². The number of nitrogens with one attached hydrogen (secondary N) is 2. The number of halogens is 4. The van der Waals surface area contributed by atoms with Crippen LogP contribution in [0.1, 0.15) is 29.7 Å². The molecule has 2 aliphatic rings. The molecule has 3 aromatic heterocycles. The Balaban J connectivity index is 1.44. The molecular formula is C23H21F4N7OS. The normalized spacial score (nSPS) is 16.8. The van der Waals surface area contributed by atoms with Crippen molar-refractivity contribution in [2.45, 2.75) is 43.9 Å². The minimum absolute atomic E-state index is 0.00706. The van der Waals surface area contributed by atoms with Crippen molar-refractivity contribution in [2.24, 2.45) is 0 Å². The lowest BCUT2D eigenvalue weighted by Crippen LogP contribution is -2.30. The fourth-order valence-corrected chi connectivity index (χ4v) is 5.45. The molecule has 1 aromatic carbocycles. The molecule has 0 atom stereocenters. The van der Waals surface area contributed by atoms with Gasteiger partial charge in [0.2, 0.25) is 11.1 Å². The fraction of sp³-hybridized carbons (Fsp3) is 0.391. The lowest BCUT2D eigenvalue weighted by atomic mass is 10.0. The minimum atomic E-state index is -4.65. The van der Waals surface area contributed by atoms with E-state index in [4.69, 9.17) is 0 Å². The van der Waals surface area contributed by atoms with Gasteiger partial charge in [0.05, 0.1) is 5.69 Å². The highest BCUT2D eigenvalue weighted by atomic mass is 32.1. The molecule has 0 saturated heterocycles. The van der Waals surface area contributed by atoms with Crippen LogP contribution in [0.4, 0.5) is 29.2 Å². The third kappa shape index (κ3) is 4.05. The maximum absolute atomic E-state index is 13.6. The van der Waals surface area contributed by atoms with Crippen molar-refractivity contribution in [3.8, 4) is 5.13 Å². The Morgan fingerprint density at radius 3 is 2.78 bits per heavy atom. The molecule has 6 rings (SSSR count). The largest absolute Gasteiger partial charge is 0.408 e. The fourth-order valence-electron chi connectivity index (χ4n) is 4.50. The van der Waals surface area contributed by atoms with Crippen molar-refractivity contribution in [1.29, 1.82) is 0 Å². The molecule has 13 heteroatoms. The van der Waals surface area contributed by atoms with Crippen LogP contribution in [0.5, 0.6) is 0 Å². The average molecular weight is 520 g/mol. The number of benzene rings is 1. The Morgan fingerprint density at radius 1 is 1.19 bits per heavy atom. The van der Waals surface area contributed by atoms with E-state index in [1.165, 1.54) is 11.8 Å². The van der Waals surface area contributed by atoms with Crippen LogP contribution in [0.25, 0.3) is 16.2 Å². The van der Waals surface area contributed by atoms with Gasteiger partial charge in [0.25, 0.3) is 5.56 Å². The van der Waals surface area contributed by atoms with Crippen LogP contribution in [0.3, 0.4) is 0 Å². The monoisotopic (exact) mass is 519 g/mol. The number of fused-ring (bicyclic) bond motifs is 2. The second kappa shape index (κ2) is 8.37. The zero-order valence-corrected chi connectivity index (χ0v) is 19.7. The SMILES string of the molecule is O=c1c2cnc(Nc3ccc4c(c3)CNCC4)nc2n(-c2nc(C3(CF)CC3)cs2)n1CC(F)(F)F. The van der Waals surface area contributed by atoms with Crippen molar-refractivity contribution in [3.05, 3.63) is 57.0 Å². The van der Waals surface area contributed by atoms with Gasteiger partial charge in [0, 0.05) is 29.2 Å². The van der Waals surface area contributed by atoms with E-state index in [1.807, 2.05) is 18.2 Å². The van der Waals surface area contributed by atoms with Gasteiger partial charge in [0.1, 0.15) is 18.6 Å². The van der Waals surface area contributed by atoms with Crippen molar-refractivity contribution >= 4 is 34.0 Å². The molecule has 0 bridgehead atoms. The first kappa shape index (κ1) is 23.1. The highest BCUT2D eigenvalue weighted by Gasteiger charge is 2.46. The van der Waals surface area contributed by atoms with Gasteiger partial charge in [-0.2, -0.15) is 18.2 Å². The number of thiazole rings is 1. The highest BCUT2D eigenvalue weighted by molar-refractivity contribution is 7.12. The van der Waals surface area contributed by atoms with Crippen molar-refractivity contribution in [1.82, 2.24) is 29.6 Å². The lowest BCUT2D eigenvalue weighted by molar-refractivity contribution is -0.144. The molecule has 0 radical (unpaired) electrons. The summed E-state index contributed by atoms with van der Waals surface area (Å²) in [6, 6.07) is 5.87. The zero-order valence-electron chi connectivity index (χ0n) is 18.9. The molecule has 1 aliphatic carbocycles. The van der Waals surface area contributed by atoms with Gasteiger partial charge in [-0.25, -0.2) is 19.3 Å². The Morgan fingerprint density at radius 2 is 2.03 bits per heavy atom. The summed E-state index contributed by atoms with van der Waals surface area (Å²) in [6.45, 7) is -0.468. The van der Waals surface area contributed by atoms with E-state index in [1.54, 1.807) is 5.38 Å². The molecule has 2 N–H and O–H groups in total. The van der Waals surface area contributed by atoms with E-state index in [2.05, 4.69) is 25.6 Å². The standard InChI is InChI=1S/C23H21F4N7OS/c24-11-22(4-5-22)17-10-36-21(31-17)34-18-16(19(35)33(34)12-23(25,26)27)9-29-20(32-18)30-15-2-1-13-3-6-28-8-14(13)7-15/h1-2,7,9-10,28H,3-6,8,11-12H2,(H,29,30,32). The molecule has 4 aromatic rings. The van der Waals surface area contributed by atoms with Gasteiger partial charge >= 0.3 is 6.18 Å². The Bertz CT molecular complexity index is 1520. The lowest BCUT2D eigenvalue weighted by Gasteiger charge is -2.18. The zero-order chi connectivity index (χ0) is 25.1. The van der Waals surface area contributed by atoms with Crippen LogP contribution in [-0.4, -0.2) is 43.7 Å². The number of hydrogen-bond acceptors (Lipinski definition) is 7. The summed E-state index contributed by atoms with van der Waals surface area (Å²) in [5, 5.41) is 8.08. The molecule has 188 valence electrons. The molecule has 0 amide bonds. The van der Waals surface area contributed by atoms with Crippen LogP contribution in [-0.2, 0) is 24.9 Å². The first-order chi connectivity index (χ1) is 17.3. The second-order valence-electron chi connectivity index (χ2n) is 9.19. The summed E-state index contributed by atoms with van der Waals surface area (Å²) in [7, 11) is 0. The van der Waals surface area contributed by atoms with Gasteiger partial charge in [0.15, 0.2) is 5.65 Å². The predicted octanol–water partition coefficient (Wildman–Crippen LogP) is 3.99. The molecule has 0 unspecified atom stereocenters. The van der Waals surface area contributed by atoms with Crippen LogP contribution >= 0.6 is 11.3 Å². The van der Waals surface area contributed by atoms with Crippen molar-refractivity contribution in [3.63, 3.8) is 0 Å². The quantitative estimate of drug-likeness (QED) is 0.375. The minimum Gasteiger partial charge on any atom is -0.324 e. The van der Waals surface area contributed by atoms with Gasteiger partial charge in [-0.15, -0.1) is 11.3 Å². The number of nitrogens with zero attached hydrogens (tertiary/aromatic N) is 5. The Hall–Kier alpha value is -3.32. The maximum atomic E-state index is 13.6. The molecule has 4 heterocycles. The third-order valence-electron chi connectivity index (χ3n) is 6.68. The van der Waals surface area contributed by atoms with E-state index in [0.717, 1.165) is 46.8 Å². The summed E-state index contributed by atoms with van der Waals surface area (Å²) in [5.41, 5.74) is 2.01. The van der Waals surface area contributed by atoms with Crippen LogP contribution in [0.2, 0.25) is 0 Å². The summed E-state index contributed by atoms with van der Waals surface area (Å²) in [4.78, 5) is 26.0. The van der Waals surface area contributed by atoms with E-state index in [9.17, 15) is 22.4 Å². The number of alkyl halides is 4. The molecule has 36 heavy (non-hydrogen) atoms. The first-order valence-electron chi connectivity index (χ1n) is 11.4. The summed E-state index contributed by atoms with van der Waals surface area (Å²) in [6.07, 6.45) is -1.26. The second-order valence-corrected chi connectivity index (χ2v) is 10.0. The number of aromatic nitrogens is 5. The highest BCUT2D eigenvalue weighted by Crippen LogP contribution is 2.48. The predicted molar refractivity (Wildman–Crippen MR) is 127 cm³/mol. The molecule has 8 nitrogen and oxygen atoms in total.